The Hall–Kier alpha value is -2.68. The number of carbonyl (C=O) groups is 3. The van der Waals surface area contributed by atoms with Gasteiger partial charge in [-0.1, -0.05) is 0 Å². The van der Waals surface area contributed by atoms with Gasteiger partial charge in [-0.25, -0.2) is 4.79 Å². The van der Waals surface area contributed by atoms with Crippen LogP contribution < -0.4 is 14.2 Å². The Morgan fingerprint density at radius 3 is 2.12 bits per heavy atom. The summed E-state index contributed by atoms with van der Waals surface area (Å²) in [5, 5.41) is -0.536. The molecule has 1 aromatic rings. The summed E-state index contributed by atoms with van der Waals surface area (Å²) >= 11 is 0.748. The third-order valence-electron chi connectivity index (χ3n) is 3.74. The molecule has 1 atom stereocenters. The first-order valence-electron chi connectivity index (χ1n) is 7.52. The Kier molecular flexibility index (Phi) is 6.14. The van der Waals surface area contributed by atoms with Crippen LogP contribution in [-0.2, 0) is 14.3 Å². The third-order valence-corrected chi connectivity index (χ3v) is 4.62. The summed E-state index contributed by atoms with van der Waals surface area (Å²) in [7, 11) is 5.64. The summed E-state index contributed by atoms with van der Waals surface area (Å²) in [4.78, 5) is 37.4. The molecule has 0 aliphatic carbocycles. The molecule has 1 unspecified atom stereocenters. The first kappa shape index (κ1) is 19.6. The fourth-order valence-electron chi connectivity index (χ4n) is 2.43. The Balaban J connectivity index is 2.40. The van der Waals surface area contributed by atoms with Crippen molar-refractivity contribution in [1.29, 1.82) is 0 Å². The van der Waals surface area contributed by atoms with E-state index in [9.17, 15) is 14.4 Å². The highest BCUT2D eigenvalue weighted by atomic mass is 32.2. The molecule has 1 saturated heterocycles. The van der Waals surface area contributed by atoms with E-state index in [0.29, 0.717) is 22.8 Å². The number of hydrogen-bond donors (Lipinski definition) is 0. The van der Waals surface area contributed by atoms with Crippen LogP contribution in [0.15, 0.2) is 17.0 Å². The zero-order chi connectivity index (χ0) is 19.4. The lowest BCUT2D eigenvalue weighted by Crippen LogP contribution is -2.42. The number of esters is 1. The first-order valence-corrected chi connectivity index (χ1v) is 8.34. The first-order chi connectivity index (χ1) is 12.4. The van der Waals surface area contributed by atoms with Crippen molar-refractivity contribution in [3.8, 4) is 17.2 Å². The minimum absolute atomic E-state index is 0.181. The molecule has 1 aliphatic heterocycles. The highest BCUT2D eigenvalue weighted by molar-refractivity contribution is 8.18. The van der Waals surface area contributed by atoms with Gasteiger partial charge in [-0.15, -0.1) is 0 Å². The van der Waals surface area contributed by atoms with E-state index in [1.54, 1.807) is 12.1 Å². The van der Waals surface area contributed by atoms with Gasteiger partial charge >= 0.3 is 5.97 Å². The fraction of sp³-hybridized carbons (Fsp3) is 0.353. The molecule has 0 saturated carbocycles. The average Bonchev–Trinajstić information content (AvgIpc) is 2.92. The van der Waals surface area contributed by atoms with Gasteiger partial charge in [0.1, 0.15) is 6.04 Å². The largest absolute Gasteiger partial charge is 0.493 e. The molecule has 2 amide bonds. The number of nitrogens with zero attached hydrogens (tertiary/aromatic N) is 1. The van der Waals surface area contributed by atoms with Crippen LogP contribution in [0.25, 0.3) is 6.08 Å². The Bertz CT molecular complexity index is 749. The maximum atomic E-state index is 12.5. The smallest absolute Gasteiger partial charge is 0.328 e. The molecule has 0 aromatic heterocycles. The van der Waals surface area contributed by atoms with Crippen LogP contribution >= 0.6 is 11.8 Å². The number of methoxy groups -OCH3 is 4. The van der Waals surface area contributed by atoms with Crippen molar-refractivity contribution in [3.63, 3.8) is 0 Å². The summed E-state index contributed by atoms with van der Waals surface area (Å²) in [6.45, 7) is 1.44. The Labute approximate surface area is 155 Å². The summed E-state index contributed by atoms with van der Waals surface area (Å²) < 4.78 is 20.4. The van der Waals surface area contributed by atoms with Crippen molar-refractivity contribution >= 4 is 35.0 Å². The number of imide groups is 1. The summed E-state index contributed by atoms with van der Waals surface area (Å²) in [5.74, 6) is 0.0214. The van der Waals surface area contributed by atoms with E-state index in [0.717, 1.165) is 16.7 Å². The van der Waals surface area contributed by atoms with Crippen LogP contribution in [0.2, 0.25) is 0 Å². The van der Waals surface area contributed by atoms with Crippen LogP contribution in [0.5, 0.6) is 17.2 Å². The van der Waals surface area contributed by atoms with E-state index in [2.05, 4.69) is 4.74 Å². The van der Waals surface area contributed by atoms with Gasteiger partial charge in [-0.3, -0.25) is 14.5 Å². The number of rotatable bonds is 6. The SMILES string of the molecule is COC(=O)C(C)N1C(=O)SC(=Cc2cc(OC)c(OC)c(OC)c2)C1=O. The van der Waals surface area contributed by atoms with Crippen LogP contribution in [0.3, 0.4) is 0 Å². The Morgan fingerprint density at radius 1 is 1.08 bits per heavy atom. The van der Waals surface area contributed by atoms with Crippen molar-refractivity contribution in [2.75, 3.05) is 28.4 Å². The standard InChI is InChI=1S/C17H19NO7S/c1-9(16(20)25-5)18-15(19)13(26-17(18)21)8-10-6-11(22-2)14(24-4)12(7-10)23-3/h6-9H,1-5H3. The summed E-state index contributed by atoms with van der Waals surface area (Å²) in [6, 6.07) is 2.30. The van der Waals surface area contributed by atoms with Crippen molar-refractivity contribution in [1.82, 2.24) is 4.90 Å². The molecule has 2 rings (SSSR count). The van der Waals surface area contributed by atoms with Gasteiger partial charge in [-0.2, -0.15) is 0 Å². The molecule has 140 valence electrons. The van der Waals surface area contributed by atoms with Gasteiger partial charge in [0.05, 0.1) is 33.3 Å². The van der Waals surface area contributed by atoms with Gasteiger partial charge in [-0.05, 0) is 42.5 Å². The molecule has 8 nitrogen and oxygen atoms in total. The molecule has 0 radical (unpaired) electrons. The normalized spacial score (nSPS) is 16.7. The molecule has 1 fully saturated rings. The van der Waals surface area contributed by atoms with Crippen molar-refractivity contribution < 1.29 is 33.3 Å². The zero-order valence-electron chi connectivity index (χ0n) is 15.0. The van der Waals surface area contributed by atoms with Gasteiger partial charge in [0.25, 0.3) is 11.1 Å². The van der Waals surface area contributed by atoms with E-state index in [1.807, 2.05) is 0 Å². The quantitative estimate of drug-likeness (QED) is 0.548. The van der Waals surface area contributed by atoms with Crippen LogP contribution in [-0.4, -0.2) is 56.5 Å². The van der Waals surface area contributed by atoms with Crippen LogP contribution in [0.4, 0.5) is 4.79 Å². The maximum absolute atomic E-state index is 12.5. The molecule has 26 heavy (non-hydrogen) atoms. The van der Waals surface area contributed by atoms with E-state index in [4.69, 9.17) is 14.2 Å². The minimum atomic E-state index is -1.00. The average molecular weight is 381 g/mol. The maximum Gasteiger partial charge on any atom is 0.328 e. The van der Waals surface area contributed by atoms with Crippen LogP contribution in [0, 0.1) is 0 Å². The molecule has 1 aromatic carbocycles. The highest BCUT2D eigenvalue weighted by Crippen LogP contribution is 2.40. The van der Waals surface area contributed by atoms with E-state index >= 15 is 0 Å². The Morgan fingerprint density at radius 2 is 1.65 bits per heavy atom. The fourth-order valence-corrected chi connectivity index (χ4v) is 3.33. The molecule has 0 N–H and O–H groups in total. The number of thioether (sulfide) groups is 1. The van der Waals surface area contributed by atoms with E-state index in [-0.39, 0.29) is 4.91 Å². The third kappa shape index (κ3) is 3.62. The molecule has 9 heteroatoms. The lowest BCUT2D eigenvalue weighted by atomic mass is 10.1. The number of benzene rings is 1. The number of amides is 2. The lowest BCUT2D eigenvalue weighted by molar-refractivity contribution is -0.148. The van der Waals surface area contributed by atoms with Crippen LogP contribution in [0.1, 0.15) is 12.5 Å². The minimum Gasteiger partial charge on any atom is -0.493 e. The van der Waals surface area contributed by atoms with E-state index < -0.39 is 23.2 Å². The van der Waals surface area contributed by atoms with Gasteiger partial charge in [0, 0.05) is 0 Å². The van der Waals surface area contributed by atoms with E-state index in [1.165, 1.54) is 41.4 Å². The van der Waals surface area contributed by atoms with Crippen molar-refractivity contribution in [2.45, 2.75) is 13.0 Å². The second-order valence-corrected chi connectivity index (χ2v) is 6.20. The topological polar surface area (TPSA) is 91.4 Å². The molecule has 1 aliphatic rings. The zero-order valence-corrected chi connectivity index (χ0v) is 15.8. The lowest BCUT2D eigenvalue weighted by Gasteiger charge is -2.18. The summed E-state index contributed by atoms with van der Waals surface area (Å²) in [5.41, 5.74) is 0.579. The number of hydrogen-bond acceptors (Lipinski definition) is 8. The second kappa shape index (κ2) is 8.13. The monoisotopic (exact) mass is 381 g/mol. The van der Waals surface area contributed by atoms with Gasteiger partial charge < -0.3 is 18.9 Å². The molecule has 0 bridgehead atoms. The molecular formula is C17H19NO7S. The molecule has 1 heterocycles. The van der Waals surface area contributed by atoms with Gasteiger partial charge in [0.15, 0.2) is 11.5 Å². The number of carbonyl (C=O) groups excluding carboxylic acids is 3. The van der Waals surface area contributed by atoms with Gasteiger partial charge in [0.2, 0.25) is 5.75 Å². The van der Waals surface area contributed by atoms with Crippen molar-refractivity contribution in [2.24, 2.45) is 0 Å². The number of ether oxygens (including phenoxy) is 4. The molecule has 0 spiro atoms. The summed E-state index contributed by atoms with van der Waals surface area (Å²) in [6.07, 6.45) is 1.53. The predicted octanol–water partition coefficient (Wildman–Crippen LogP) is 2.31. The second-order valence-electron chi connectivity index (χ2n) is 5.21. The highest BCUT2D eigenvalue weighted by Gasteiger charge is 2.41. The molecular weight excluding hydrogens is 362 g/mol. The predicted molar refractivity (Wildman–Crippen MR) is 95.4 cm³/mol. The van der Waals surface area contributed by atoms with Crippen molar-refractivity contribution in [3.05, 3.63) is 22.6 Å².